The van der Waals surface area contributed by atoms with Gasteiger partial charge in [-0.1, -0.05) is 30.2 Å². The summed E-state index contributed by atoms with van der Waals surface area (Å²) in [4.78, 5) is 57.5. The number of carbonyl (C=O) groups is 3. The molecule has 5 rings (SSSR count). The van der Waals surface area contributed by atoms with Gasteiger partial charge in [0.1, 0.15) is 6.61 Å². The molecule has 2 N–H and O–H groups in total. The van der Waals surface area contributed by atoms with E-state index in [9.17, 15) is 24.3 Å². The van der Waals surface area contributed by atoms with Gasteiger partial charge >= 0.3 is 6.09 Å². The van der Waals surface area contributed by atoms with Gasteiger partial charge in [0, 0.05) is 35.8 Å². The number of anilines is 2. The van der Waals surface area contributed by atoms with E-state index < -0.39 is 37.6 Å². The molecule has 0 aromatic heterocycles. The van der Waals surface area contributed by atoms with Gasteiger partial charge in [0.15, 0.2) is 13.9 Å². The quantitative estimate of drug-likeness (QED) is 0.277. The summed E-state index contributed by atoms with van der Waals surface area (Å²) in [6.45, 7) is 13.4. The zero-order chi connectivity index (χ0) is 32.7. The number of aliphatic hydroxyl groups excluding tert-OH is 1. The van der Waals surface area contributed by atoms with Crippen LogP contribution in [0.1, 0.15) is 65.4 Å². The smallest absolute Gasteiger partial charge is 0.414 e. The number of ether oxygens (including phenoxy) is 2. The average Bonchev–Trinajstić information content (AvgIpc) is 3.73. The Morgan fingerprint density at radius 2 is 1.91 bits per heavy atom. The SMILES string of the molecule is CC(C)=CCC/C(C)=C/CN1C(=O)[C@]2(O[C@H](CC(=O)N3CCC[C@H]3CO)[C@@H]([Si](C)(C)O)[C@@H]2C)c2cc(N3CCOC3=O)ccc21. The van der Waals surface area contributed by atoms with Crippen molar-refractivity contribution in [3.8, 4) is 0 Å². The van der Waals surface area contributed by atoms with Crippen molar-refractivity contribution in [3.63, 3.8) is 0 Å². The molecular formula is C34H49N3O7Si. The lowest BCUT2D eigenvalue weighted by molar-refractivity contribution is -0.149. The van der Waals surface area contributed by atoms with Crippen molar-refractivity contribution >= 4 is 37.6 Å². The van der Waals surface area contributed by atoms with Gasteiger partial charge in [-0.25, -0.2) is 4.79 Å². The number of cyclic esters (lactones) is 1. The Kier molecular flexibility index (Phi) is 9.65. The predicted molar refractivity (Wildman–Crippen MR) is 176 cm³/mol. The highest BCUT2D eigenvalue weighted by molar-refractivity contribution is 6.71. The summed E-state index contributed by atoms with van der Waals surface area (Å²) in [5.41, 5.74) is 2.59. The summed E-state index contributed by atoms with van der Waals surface area (Å²) in [7, 11) is -2.98. The van der Waals surface area contributed by atoms with E-state index in [0.717, 1.165) is 25.7 Å². The first kappa shape index (κ1) is 33.4. The van der Waals surface area contributed by atoms with Gasteiger partial charge in [-0.2, -0.15) is 0 Å². The number of hydrogen-bond donors (Lipinski definition) is 2. The number of amides is 3. The first-order valence-electron chi connectivity index (χ1n) is 16.3. The molecule has 1 spiro atoms. The van der Waals surface area contributed by atoms with Crippen LogP contribution in [0.25, 0.3) is 0 Å². The maximum Gasteiger partial charge on any atom is 0.414 e. The van der Waals surface area contributed by atoms with E-state index in [2.05, 4.69) is 32.9 Å². The minimum Gasteiger partial charge on any atom is -0.447 e. The highest BCUT2D eigenvalue weighted by Gasteiger charge is 2.66. The number of hydrogen-bond acceptors (Lipinski definition) is 7. The van der Waals surface area contributed by atoms with Crippen molar-refractivity contribution < 1.29 is 33.8 Å². The van der Waals surface area contributed by atoms with Gasteiger partial charge in [0.25, 0.3) is 5.91 Å². The maximum absolute atomic E-state index is 14.7. The average molecular weight is 640 g/mol. The Bertz CT molecular complexity index is 1380. The monoisotopic (exact) mass is 639 g/mol. The van der Waals surface area contributed by atoms with Crippen LogP contribution in [0.3, 0.4) is 0 Å². The summed E-state index contributed by atoms with van der Waals surface area (Å²) in [6, 6.07) is 5.34. The highest BCUT2D eigenvalue weighted by Crippen LogP contribution is 2.60. The van der Waals surface area contributed by atoms with Crippen molar-refractivity contribution in [1.29, 1.82) is 0 Å². The summed E-state index contributed by atoms with van der Waals surface area (Å²) >= 11 is 0. The molecule has 45 heavy (non-hydrogen) atoms. The third kappa shape index (κ3) is 6.24. The zero-order valence-corrected chi connectivity index (χ0v) is 28.5. The van der Waals surface area contributed by atoms with E-state index in [1.165, 1.54) is 11.1 Å². The summed E-state index contributed by atoms with van der Waals surface area (Å²) in [5, 5.41) is 9.85. The molecule has 4 heterocycles. The molecule has 0 aliphatic carbocycles. The van der Waals surface area contributed by atoms with Crippen molar-refractivity contribution in [1.82, 2.24) is 4.90 Å². The first-order valence-corrected chi connectivity index (χ1v) is 19.3. The standard InChI is InChI=1S/C34H49N3O7Si/c1-22(2)9-7-10-23(3)14-16-37-28-13-12-25(36-17-18-43-33(36)41)19-27(28)34(32(37)40)24(4)31(45(5,6)42)29(44-34)20-30(39)35-15-8-11-26(35)21-38/h9,12-14,19,24,26,29,31,38,42H,7-8,10-11,15-18,20-21H2,1-6H3/b23-14+/t24-,26-,29+,31-,34+/m0/s1. The Morgan fingerprint density at radius 3 is 2.56 bits per heavy atom. The number of rotatable bonds is 10. The minimum absolute atomic E-state index is 0.0222. The molecule has 0 bridgehead atoms. The second-order valence-electron chi connectivity index (χ2n) is 13.9. The first-order chi connectivity index (χ1) is 21.3. The van der Waals surface area contributed by atoms with Crippen LogP contribution >= 0.6 is 0 Å². The normalized spacial score (nSPS) is 28.4. The lowest BCUT2D eigenvalue weighted by Crippen LogP contribution is -2.46. The minimum atomic E-state index is -2.98. The molecule has 246 valence electrons. The summed E-state index contributed by atoms with van der Waals surface area (Å²) in [6.07, 6.45) is 6.58. The molecule has 10 nitrogen and oxygen atoms in total. The molecule has 0 radical (unpaired) electrons. The van der Waals surface area contributed by atoms with Crippen molar-refractivity contribution in [3.05, 3.63) is 47.1 Å². The number of likely N-dealkylation sites (tertiary alicyclic amines) is 1. The van der Waals surface area contributed by atoms with E-state index in [0.29, 0.717) is 36.6 Å². The predicted octanol–water partition coefficient (Wildman–Crippen LogP) is 4.85. The largest absolute Gasteiger partial charge is 0.447 e. The molecule has 4 aliphatic rings. The second-order valence-corrected chi connectivity index (χ2v) is 17.9. The molecule has 3 amide bonds. The van der Waals surface area contributed by atoms with Gasteiger partial charge in [-0.3, -0.25) is 14.5 Å². The van der Waals surface area contributed by atoms with Crippen LogP contribution in [0.2, 0.25) is 18.6 Å². The third-order valence-electron chi connectivity index (χ3n) is 10.0. The molecule has 1 aromatic carbocycles. The number of nitrogens with zero attached hydrogens (tertiary/aromatic N) is 3. The molecular weight excluding hydrogens is 590 g/mol. The van der Waals surface area contributed by atoms with E-state index in [-0.39, 0.29) is 37.5 Å². The van der Waals surface area contributed by atoms with E-state index in [4.69, 9.17) is 9.47 Å². The van der Waals surface area contributed by atoms with E-state index in [1.807, 2.05) is 38.2 Å². The van der Waals surface area contributed by atoms with E-state index >= 15 is 0 Å². The highest BCUT2D eigenvalue weighted by atomic mass is 28.4. The summed E-state index contributed by atoms with van der Waals surface area (Å²) < 4.78 is 12.1. The van der Waals surface area contributed by atoms with Gasteiger partial charge in [0.05, 0.1) is 37.4 Å². The molecule has 1 aromatic rings. The van der Waals surface area contributed by atoms with Crippen LogP contribution in [0.15, 0.2) is 41.5 Å². The van der Waals surface area contributed by atoms with Gasteiger partial charge < -0.3 is 29.2 Å². The van der Waals surface area contributed by atoms with Crippen LogP contribution in [0, 0.1) is 5.92 Å². The third-order valence-corrected chi connectivity index (χ3v) is 12.5. The fraction of sp³-hybridized carbons (Fsp3) is 0.618. The lowest BCUT2D eigenvalue weighted by atomic mass is 9.82. The lowest BCUT2D eigenvalue weighted by Gasteiger charge is -2.33. The molecule has 0 unspecified atom stereocenters. The Balaban J connectivity index is 1.53. The van der Waals surface area contributed by atoms with Gasteiger partial charge in [-0.05, 0) is 77.7 Å². The Hall–Kier alpha value is -2.99. The second kappa shape index (κ2) is 13.0. The number of benzene rings is 1. The van der Waals surface area contributed by atoms with Crippen molar-refractivity contribution in [2.24, 2.45) is 5.92 Å². The fourth-order valence-electron chi connectivity index (χ4n) is 7.82. The number of allylic oxidation sites excluding steroid dienone is 3. The van der Waals surface area contributed by atoms with Crippen LogP contribution in [-0.2, 0) is 24.7 Å². The van der Waals surface area contributed by atoms with E-state index in [1.54, 1.807) is 14.7 Å². The van der Waals surface area contributed by atoms with Crippen molar-refractivity contribution in [2.45, 2.75) is 96.2 Å². The number of aliphatic hydroxyl groups is 1. The van der Waals surface area contributed by atoms with Crippen molar-refractivity contribution in [2.75, 3.05) is 42.6 Å². The number of carbonyl (C=O) groups excluding carboxylic acids is 3. The maximum atomic E-state index is 14.7. The topological polar surface area (TPSA) is 120 Å². The molecule has 0 saturated carbocycles. The molecule has 3 fully saturated rings. The molecule has 5 atom stereocenters. The molecule has 4 aliphatic heterocycles. The van der Waals surface area contributed by atoms with Crippen LogP contribution in [-0.4, -0.2) is 86.0 Å². The van der Waals surface area contributed by atoms with Gasteiger partial charge in [-0.15, -0.1) is 0 Å². The number of fused-ring (bicyclic) bond motifs is 2. The summed E-state index contributed by atoms with van der Waals surface area (Å²) in [5.74, 6) is -0.781. The molecule has 11 heteroatoms. The Labute approximate surface area is 267 Å². The van der Waals surface area contributed by atoms with Crippen LogP contribution in [0.5, 0.6) is 0 Å². The fourth-order valence-corrected chi connectivity index (χ4v) is 10.4. The van der Waals surface area contributed by atoms with Crippen LogP contribution in [0.4, 0.5) is 16.2 Å². The van der Waals surface area contributed by atoms with Crippen LogP contribution < -0.4 is 9.80 Å². The van der Waals surface area contributed by atoms with Gasteiger partial charge in [0.2, 0.25) is 5.91 Å². The zero-order valence-electron chi connectivity index (χ0n) is 27.5. The Morgan fingerprint density at radius 1 is 1.16 bits per heavy atom. The molecule has 3 saturated heterocycles.